The summed E-state index contributed by atoms with van der Waals surface area (Å²) >= 11 is 0. The van der Waals surface area contributed by atoms with Gasteiger partial charge in [0.25, 0.3) is 0 Å². The van der Waals surface area contributed by atoms with Crippen LogP contribution in [0.3, 0.4) is 0 Å². The van der Waals surface area contributed by atoms with E-state index >= 15 is 0 Å². The SMILES string of the molecule is N#CCn1c(O)cc(N)c1O. The highest BCUT2D eigenvalue weighted by molar-refractivity contribution is 5.53. The number of anilines is 1. The summed E-state index contributed by atoms with van der Waals surface area (Å²) in [4.78, 5) is 0. The molecule has 0 spiro atoms. The van der Waals surface area contributed by atoms with Gasteiger partial charge in [0.15, 0.2) is 5.88 Å². The van der Waals surface area contributed by atoms with Crippen molar-refractivity contribution in [3.8, 4) is 17.8 Å². The van der Waals surface area contributed by atoms with Crippen molar-refractivity contribution in [1.82, 2.24) is 4.57 Å². The Hall–Kier alpha value is -1.83. The van der Waals surface area contributed by atoms with Crippen LogP contribution in [-0.2, 0) is 6.54 Å². The Morgan fingerprint density at radius 2 is 2.27 bits per heavy atom. The van der Waals surface area contributed by atoms with Gasteiger partial charge in [0, 0.05) is 6.07 Å². The fourth-order valence-electron chi connectivity index (χ4n) is 0.772. The summed E-state index contributed by atoms with van der Waals surface area (Å²) in [7, 11) is 0. The molecule has 0 radical (unpaired) electrons. The third kappa shape index (κ3) is 1.05. The molecule has 1 rings (SSSR count). The van der Waals surface area contributed by atoms with Crippen molar-refractivity contribution < 1.29 is 10.2 Å². The van der Waals surface area contributed by atoms with Gasteiger partial charge in [-0.2, -0.15) is 5.26 Å². The van der Waals surface area contributed by atoms with Crippen molar-refractivity contribution in [2.45, 2.75) is 6.54 Å². The summed E-state index contributed by atoms with van der Waals surface area (Å²) in [5, 5.41) is 26.3. The average molecular weight is 153 g/mol. The predicted molar refractivity (Wildman–Crippen MR) is 37.8 cm³/mol. The Bertz CT molecular complexity index is 310. The molecule has 0 atom stereocenters. The second-order valence-corrected chi connectivity index (χ2v) is 2.03. The van der Waals surface area contributed by atoms with Gasteiger partial charge in [0.05, 0.1) is 11.8 Å². The number of aromatic hydroxyl groups is 2. The zero-order valence-corrected chi connectivity index (χ0v) is 5.65. The second-order valence-electron chi connectivity index (χ2n) is 2.03. The predicted octanol–water partition coefficient (Wildman–Crippen LogP) is 0.00508. The van der Waals surface area contributed by atoms with Gasteiger partial charge in [0.2, 0.25) is 5.88 Å². The molecule has 0 fully saturated rings. The third-order valence-corrected chi connectivity index (χ3v) is 1.30. The van der Waals surface area contributed by atoms with Crippen LogP contribution in [-0.4, -0.2) is 14.8 Å². The van der Waals surface area contributed by atoms with Crippen LogP contribution in [0.2, 0.25) is 0 Å². The van der Waals surface area contributed by atoms with Crippen LogP contribution in [0.25, 0.3) is 0 Å². The van der Waals surface area contributed by atoms with Crippen LogP contribution in [0.1, 0.15) is 0 Å². The Labute approximate surface area is 62.9 Å². The molecule has 0 saturated carbocycles. The highest BCUT2D eigenvalue weighted by Gasteiger charge is 2.09. The Balaban J connectivity index is 3.14. The van der Waals surface area contributed by atoms with Crippen molar-refractivity contribution in [3.05, 3.63) is 6.07 Å². The lowest BCUT2D eigenvalue weighted by Gasteiger charge is -1.98. The summed E-state index contributed by atoms with van der Waals surface area (Å²) in [5.74, 6) is -0.481. The van der Waals surface area contributed by atoms with Crippen molar-refractivity contribution in [1.29, 1.82) is 5.26 Å². The quantitative estimate of drug-likeness (QED) is 0.529. The fraction of sp³-hybridized carbons (Fsp3) is 0.167. The molecule has 0 aliphatic rings. The highest BCUT2D eigenvalue weighted by atomic mass is 16.3. The van der Waals surface area contributed by atoms with E-state index in [1.807, 2.05) is 0 Å². The first-order chi connectivity index (χ1) is 5.16. The average Bonchev–Trinajstić information content (AvgIpc) is 2.17. The third-order valence-electron chi connectivity index (χ3n) is 1.30. The fourth-order valence-corrected chi connectivity index (χ4v) is 0.772. The van der Waals surface area contributed by atoms with Crippen LogP contribution in [0.4, 0.5) is 5.69 Å². The normalized spacial score (nSPS) is 9.36. The van der Waals surface area contributed by atoms with Crippen molar-refractivity contribution in [2.75, 3.05) is 5.73 Å². The molecule has 11 heavy (non-hydrogen) atoms. The van der Waals surface area contributed by atoms with Crippen molar-refractivity contribution >= 4 is 5.69 Å². The molecule has 0 aliphatic heterocycles. The minimum absolute atomic E-state index is 0.0674. The molecule has 0 aromatic carbocycles. The van der Waals surface area contributed by atoms with Crippen LogP contribution in [0, 0.1) is 11.3 Å². The standard InChI is InChI=1S/C6H7N3O2/c7-1-2-9-5(10)3-4(8)6(9)11/h3,10-11H,2,8H2. The van der Waals surface area contributed by atoms with Crippen LogP contribution in [0.15, 0.2) is 6.07 Å². The van der Waals surface area contributed by atoms with Gasteiger partial charge in [-0.05, 0) is 0 Å². The van der Waals surface area contributed by atoms with E-state index in [-0.39, 0.29) is 24.0 Å². The van der Waals surface area contributed by atoms with Crippen LogP contribution < -0.4 is 5.73 Å². The first kappa shape index (κ1) is 7.28. The molecular formula is C6H7N3O2. The molecule has 4 N–H and O–H groups in total. The Kier molecular flexibility index (Phi) is 1.60. The minimum atomic E-state index is -0.274. The zero-order chi connectivity index (χ0) is 8.43. The lowest BCUT2D eigenvalue weighted by Crippen LogP contribution is -1.93. The van der Waals surface area contributed by atoms with E-state index in [9.17, 15) is 0 Å². The largest absolute Gasteiger partial charge is 0.494 e. The molecule has 0 amide bonds. The van der Waals surface area contributed by atoms with Gasteiger partial charge in [-0.1, -0.05) is 0 Å². The van der Waals surface area contributed by atoms with E-state index in [0.717, 1.165) is 4.57 Å². The number of rotatable bonds is 1. The highest BCUT2D eigenvalue weighted by Crippen LogP contribution is 2.28. The number of hydrogen-bond acceptors (Lipinski definition) is 4. The van der Waals surface area contributed by atoms with Gasteiger partial charge in [0.1, 0.15) is 6.54 Å². The number of hydrogen-bond donors (Lipinski definition) is 3. The van der Waals surface area contributed by atoms with Gasteiger partial charge in [-0.25, -0.2) is 0 Å². The summed E-state index contributed by atoms with van der Waals surface area (Å²) in [6.45, 7) is -0.116. The summed E-state index contributed by atoms with van der Waals surface area (Å²) in [6.07, 6.45) is 0. The first-order valence-corrected chi connectivity index (χ1v) is 2.90. The second kappa shape index (κ2) is 2.42. The maximum absolute atomic E-state index is 9.08. The van der Waals surface area contributed by atoms with Crippen molar-refractivity contribution in [2.24, 2.45) is 0 Å². The van der Waals surface area contributed by atoms with Gasteiger partial charge in [-0.15, -0.1) is 0 Å². The van der Waals surface area contributed by atoms with E-state index < -0.39 is 0 Å². The molecule has 1 aromatic heterocycles. The van der Waals surface area contributed by atoms with E-state index in [1.165, 1.54) is 6.07 Å². The van der Waals surface area contributed by atoms with Crippen molar-refractivity contribution in [3.63, 3.8) is 0 Å². The number of nitrogens with two attached hydrogens (primary N) is 1. The maximum Gasteiger partial charge on any atom is 0.218 e. The topological polar surface area (TPSA) is 95.2 Å². The molecule has 0 unspecified atom stereocenters. The van der Waals surface area contributed by atoms with Gasteiger partial charge in [-0.3, -0.25) is 4.57 Å². The molecule has 1 heterocycles. The first-order valence-electron chi connectivity index (χ1n) is 2.90. The van der Waals surface area contributed by atoms with E-state index in [1.54, 1.807) is 6.07 Å². The van der Waals surface area contributed by atoms with E-state index in [2.05, 4.69) is 0 Å². The summed E-state index contributed by atoms with van der Waals surface area (Å²) in [5.41, 5.74) is 5.30. The van der Waals surface area contributed by atoms with Crippen LogP contribution >= 0.6 is 0 Å². The van der Waals surface area contributed by atoms with E-state index in [0.29, 0.717) is 0 Å². The molecule has 0 aliphatic carbocycles. The van der Waals surface area contributed by atoms with Crippen LogP contribution in [0.5, 0.6) is 11.8 Å². The molecule has 1 aromatic rings. The maximum atomic E-state index is 9.08. The molecule has 5 heteroatoms. The Morgan fingerprint density at radius 1 is 1.64 bits per heavy atom. The molecule has 0 bridgehead atoms. The Morgan fingerprint density at radius 3 is 2.64 bits per heavy atom. The molecule has 5 nitrogen and oxygen atoms in total. The number of aromatic nitrogens is 1. The molecular weight excluding hydrogens is 146 g/mol. The summed E-state index contributed by atoms with van der Waals surface area (Å²) in [6, 6.07) is 2.95. The monoisotopic (exact) mass is 153 g/mol. The van der Waals surface area contributed by atoms with Gasteiger partial charge >= 0.3 is 0 Å². The van der Waals surface area contributed by atoms with Gasteiger partial charge < -0.3 is 15.9 Å². The summed E-state index contributed by atoms with van der Waals surface area (Å²) < 4.78 is 1.01. The molecule has 58 valence electrons. The minimum Gasteiger partial charge on any atom is -0.494 e. The number of nitrogens with zero attached hydrogens (tertiary/aromatic N) is 2. The molecule has 0 saturated heterocycles. The lowest BCUT2D eigenvalue weighted by atomic mass is 10.5. The smallest absolute Gasteiger partial charge is 0.218 e. The zero-order valence-electron chi connectivity index (χ0n) is 5.65. The lowest BCUT2D eigenvalue weighted by molar-refractivity contribution is 0.381. The number of nitriles is 1. The van der Waals surface area contributed by atoms with E-state index in [4.69, 9.17) is 21.2 Å². The number of nitrogen functional groups attached to an aromatic ring is 1.